The molecule has 0 unspecified atom stereocenters. The Bertz CT molecular complexity index is 359. The van der Waals surface area contributed by atoms with Gasteiger partial charge >= 0.3 is 6.09 Å². The van der Waals surface area contributed by atoms with Crippen molar-refractivity contribution < 1.29 is 9.53 Å². The summed E-state index contributed by atoms with van der Waals surface area (Å²) >= 11 is 0. The number of carbonyl (C=O) groups is 1. The predicted molar refractivity (Wildman–Crippen MR) is 57.8 cm³/mol. The fraction of sp³-hybridized carbons (Fsp3) is 0.200. The lowest BCUT2D eigenvalue weighted by Crippen LogP contribution is -2.30. The number of nitrogens with one attached hydrogen (secondary N) is 2. The maximum absolute atomic E-state index is 11.0. The molecule has 1 aromatic carbocycles. The molecular weight excluding hydrogens is 194 g/mol. The number of amides is 1. The minimum absolute atomic E-state index is 0.00606. The van der Waals surface area contributed by atoms with Crippen LogP contribution in [0.1, 0.15) is 12.5 Å². The van der Waals surface area contributed by atoms with Crippen LogP contribution >= 0.6 is 0 Å². The van der Waals surface area contributed by atoms with E-state index < -0.39 is 6.09 Å². The van der Waals surface area contributed by atoms with Gasteiger partial charge in [-0.05, 0) is 31.2 Å². The fourth-order valence-electron chi connectivity index (χ4n) is 0.991. The highest BCUT2D eigenvalue weighted by molar-refractivity contribution is 6.04. The van der Waals surface area contributed by atoms with Crippen LogP contribution in [0.25, 0.3) is 0 Å². The summed E-state index contributed by atoms with van der Waals surface area (Å²) in [6.07, 6.45) is -0.626. The smallest absolute Gasteiger partial charge is 0.412 e. The van der Waals surface area contributed by atoms with E-state index >= 15 is 0 Å². The monoisotopic (exact) mass is 207 g/mol. The molecule has 0 aliphatic heterocycles. The molecule has 4 N–H and O–H groups in total. The molecule has 0 aromatic heterocycles. The number of benzene rings is 1. The molecule has 0 saturated heterocycles. The van der Waals surface area contributed by atoms with Crippen molar-refractivity contribution in [3.8, 4) is 0 Å². The van der Waals surface area contributed by atoms with E-state index in [1.807, 2.05) is 0 Å². The number of rotatable bonds is 2. The zero-order chi connectivity index (χ0) is 11.3. The molecule has 1 aromatic rings. The summed E-state index contributed by atoms with van der Waals surface area (Å²) in [4.78, 5) is 11.0. The Morgan fingerprint density at radius 3 is 2.60 bits per heavy atom. The van der Waals surface area contributed by atoms with Crippen LogP contribution < -0.4 is 11.1 Å². The van der Waals surface area contributed by atoms with Gasteiger partial charge in [0.1, 0.15) is 5.84 Å². The van der Waals surface area contributed by atoms with Gasteiger partial charge < -0.3 is 10.5 Å². The van der Waals surface area contributed by atoms with Gasteiger partial charge in [0.05, 0.1) is 6.61 Å². The lowest BCUT2D eigenvalue weighted by molar-refractivity contribution is 0.158. The summed E-state index contributed by atoms with van der Waals surface area (Å²) in [5, 5.41) is 9.85. The average molecular weight is 207 g/mol. The zero-order valence-corrected chi connectivity index (χ0v) is 8.41. The first kappa shape index (κ1) is 11.0. The SMILES string of the molecule is CCOC(=O)NC(=N)c1ccc(N)cc1. The van der Waals surface area contributed by atoms with E-state index in [2.05, 4.69) is 10.1 Å². The van der Waals surface area contributed by atoms with Gasteiger partial charge in [-0.1, -0.05) is 0 Å². The molecular formula is C10H13N3O2. The quantitative estimate of drug-likeness (QED) is 0.388. The Morgan fingerprint density at radius 2 is 2.07 bits per heavy atom. The summed E-state index contributed by atoms with van der Waals surface area (Å²) in [7, 11) is 0. The van der Waals surface area contributed by atoms with Crippen LogP contribution in [0.2, 0.25) is 0 Å². The van der Waals surface area contributed by atoms with Crippen molar-refractivity contribution in [2.75, 3.05) is 12.3 Å². The molecule has 0 atom stereocenters. The summed E-state index contributed by atoms with van der Waals surface area (Å²) in [6, 6.07) is 6.64. The van der Waals surface area contributed by atoms with Gasteiger partial charge in [0.15, 0.2) is 0 Å². The van der Waals surface area contributed by atoms with E-state index in [1.165, 1.54) is 0 Å². The van der Waals surface area contributed by atoms with Crippen LogP contribution in [0, 0.1) is 5.41 Å². The molecule has 1 amide bonds. The molecule has 0 aliphatic carbocycles. The molecule has 0 fully saturated rings. The van der Waals surface area contributed by atoms with E-state index in [-0.39, 0.29) is 12.4 Å². The van der Waals surface area contributed by atoms with Crippen LogP contribution in [0.15, 0.2) is 24.3 Å². The van der Waals surface area contributed by atoms with Crippen LogP contribution in [-0.4, -0.2) is 18.5 Å². The molecule has 15 heavy (non-hydrogen) atoms. The fourth-order valence-corrected chi connectivity index (χ4v) is 0.991. The van der Waals surface area contributed by atoms with Crippen molar-refractivity contribution in [2.24, 2.45) is 0 Å². The van der Waals surface area contributed by atoms with Gasteiger partial charge in [-0.2, -0.15) is 0 Å². The van der Waals surface area contributed by atoms with E-state index in [1.54, 1.807) is 31.2 Å². The summed E-state index contributed by atoms with van der Waals surface area (Å²) < 4.78 is 4.64. The zero-order valence-electron chi connectivity index (χ0n) is 8.41. The maximum Gasteiger partial charge on any atom is 0.412 e. The molecule has 1 rings (SSSR count). The average Bonchev–Trinajstić information content (AvgIpc) is 2.18. The first-order valence-corrected chi connectivity index (χ1v) is 4.51. The van der Waals surface area contributed by atoms with Gasteiger partial charge in [0, 0.05) is 11.3 Å². The van der Waals surface area contributed by atoms with Crippen molar-refractivity contribution in [2.45, 2.75) is 6.92 Å². The minimum atomic E-state index is -0.626. The van der Waals surface area contributed by atoms with Crippen LogP contribution in [0.4, 0.5) is 10.5 Å². The molecule has 0 spiro atoms. The molecule has 0 bridgehead atoms. The molecule has 0 saturated carbocycles. The lowest BCUT2D eigenvalue weighted by Gasteiger charge is -2.06. The number of alkyl carbamates (subject to hydrolysis) is 1. The third-order valence-corrected chi connectivity index (χ3v) is 1.70. The number of amidine groups is 1. The maximum atomic E-state index is 11.0. The summed E-state index contributed by atoms with van der Waals surface area (Å²) in [6.45, 7) is 1.98. The first-order valence-electron chi connectivity index (χ1n) is 4.51. The normalized spacial score (nSPS) is 9.40. The molecule has 0 heterocycles. The number of hydrogen-bond donors (Lipinski definition) is 3. The lowest BCUT2D eigenvalue weighted by atomic mass is 10.2. The van der Waals surface area contributed by atoms with Crippen molar-refractivity contribution in [3.05, 3.63) is 29.8 Å². The largest absolute Gasteiger partial charge is 0.450 e. The van der Waals surface area contributed by atoms with Gasteiger partial charge in [0.2, 0.25) is 0 Å². The number of nitrogens with two attached hydrogens (primary N) is 1. The second kappa shape index (κ2) is 4.99. The van der Waals surface area contributed by atoms with E-state index in [0.29, 0.717) is 11.3 Å². The molecule has 0 aliphatic rings. The Hall–Kier alpha value is -2.04. The third kappa shape index (κ3) is 3.30. The minimum Gasteiger partial charge on any atom is -0.450 e. The van der Waals surface area contributed by atoms with E-state index in [0.717, 1.165) is 0 Å². The Labute approximate surface area is 87.7 Å². The van der Waals surface area contributed by atoms with Crippen LogP contribution in [0.3, 0.4) is 0 Å². The second-order valence-corrected chi connectivity index (χ2v) is 2.84. The van der Waals surface area contributed by atoms with Crippen molar-refractivity contribution >= 4 is 17.6 Å². The summed E-state index contributed by atoms with van der Waals surface area (Å²) in [5.41, 5.74) is 6.69. The van der Waals surface area contributed by atoms with Crippen LogP contribution in [-0.2, 0) is 4.74 Å². The molecule has 5 heteroatoms. The standard InChI is InChI=1S/C10H13N3O2/c1-2-15-10(14)13-9(12)7-3-5-8(11)6-4-7/h3-6H,2,11H2,1H3,(H2,12,13,14). The number of carbonyl (C=O) groups excluding carboxylic acids is 1. The van der Waals surface area contributed by atoms with Gasteiger partial charge in [-0.3, -0.25) is 10.7 Å². The Morgan fingerprint density at radius 1 is 1.47 bits per heavy atom. The van der Waals surface area contributed by atoms with Gasteiger partial charge in [-0.15, -0.1) is 0 Å². The number of hydrogen-bond acceptors (Lipinski definition) is 4. The highest BCUT2D eigenvalue weighted by Gasteiger charge is 2.06. The molecule has 5 nitrogen and oxygen atoms in total. The Balaban J connectivity index is 2.61. The highest BCUT2D eigenvalue weighted by Crippen LogP contribution is 2.04. The molecule has 80 valence electrons. The summed E-state index contributed by atoms with van der Waals surface area (Å²) in [5.74, 6) is -0.00606. The van der Waals surface area contributed by atoms with Crippen molar-refractivity contribution in [3.63, 3.8) is 0 Å². The third-order valence-electron chi connectivity index (χ3n) is 1.70. The number of ether oxygens (including phenoxy) is 1. The van der Waals surface area contributed by atoms with Crippen molar-refractivity contribution in [1.29, 1.82) is 5.41 Å². The van der Waals surface area contributed by atoms with Crippen LogP contribution in [0.5, 0.6) is 0 Å². The van der Waals surface area contributed by atoms with E-state index in [9.17, 15) is 4.79 Å². The van der Waals surface area contributed by atoms with Gasteiger partial charge in [-0.25, -0.2) is 4.79 Å². The number of anilines is 1. The van der Waals surface area contributed by atoms with Crippen molar-refractivity contribution in [1.82, 2.24) is 5.32 Å². The predicted octanol–water partition coefficient (Wildman–Crippen LogP) is 1.34. The molecule has 0 radical (unpaired) electrons. The number of nitrogen functional groups attached to an aromatic ring is 1. The second-order valence-electron chi connectivity index (χ2n) is 2.84. The topological polar surface area (TPSA) is 88.2 Å². The van der Waals surface area contributed by atoms with Gasteiger partial charge in [0.25, 0.3) is 0 Å². The van der Waals surface area contributed by atoms with E-state index in [4.69, 9.17) is 11.1 Å². The Kier molecular flexibility index (Phi) is 3.68. The highest BCUT2D eigenvalue weighted by atomic mass is 16.5. The first-order chi connectivity index (χ1) is 7.13.